The zero-order chi connectivity index (χ0) is 12.8. The third-order valence-corrected chi connectivity index (χ3v) is 2.62. The lowest BCUT2D eigenvalue weighted by Gasteiger charge is -2.22. The van der Waals surface area contributed by atoms with Crippen LogP contribution in [0.1, 0.15) is 23.7 Å². The maximum absolute atomic E-state index is 11.0. The van der Waals surface area contributed by atoms with Crippen molar-refractivity contribution in [2.45, 2.75) is 13.3 Å². The van der Waals surface area contributed by atoms with Crippen molar-refractivity contribution >= 4 is 23.4 Å². The molecule has 0 fully saturated rings. The van der Waals surface area contributed by atoms with Gasteiger partial charge in [-0.05, 0) is 12.5 Å². The summed E-state index contributed by atoms with van der Waals surface area (Å²) in [6.45, 7) is 7.04. The summed E-state index contributed by atoms with van der Waals surface area (Å²) in [5.41, 5.74) is 0.0711. The summed E-state index contributed by atoms with van der Waals surface area (Å²) in [7, 11) is 0. The van der Waals surface area contributed by atoms with Crippen molar-refractivity contribution < 1.29 is 9.90 Å². The SMILES string of the molecule is C=CCN(CCC)c1nccc(C(=O)O)c1Cl. The van der Waals surface area contributed by atoms with E-state index in [-0.39, 0.29) is 10.6 Å². The Morgan fingerprint density at radius 2 is 2.41 bits per heavy atom. The molecule has 1 aromatic heterocycles. The average Bonchev–Trinajstić information content (AvgIpc) is 2.29. The molecular weight excluding hydrogens is 240 g/mol. The van der Waals surface area contributed by atoms with Gasteiger partial charge in [0.2, 0.25) is 0 Å². The Kier molecular flexibility index (Phi) is 4.97. The minimum absolute atomic E-state index is 0.0711. The Labute approximate surface area is 106 Å². The number of hydrogen-bond acceptors (Lipinski definition) is 3. The second kappa shape index (κ2) is 6.25. The number of rotatable bonds is 6. The zero-order valence-corrected chi connectivity index (χ0v) is 10.4. The van der Waals surface area contributed by atoms with Crippen molar-refractivity contribution in [1.29, 1.82) is 0 Å². The average molecular weight is 255 g/mol. The predicted molar refractivity (Wildman–Crippen MR) is 68.9 cm³/mol. The lowest BCUT2D eigenvalue weighted by molar-refractivity contribution is 0.0697. The van der Waals surface area contributed by atoms with Gasteiger partial charge < -0.3 is 10.0 Å². The summed E-state index contributed by atoms with van der Waals surface area (Å²) in [6, 6.07) is 1.40. The molecule has 0 amide bonds. The number of aromatic nitrogens is 1. The number of anilines is 1. The Hall–Kier alpha value is -1.55. The van der Waals surface area contributed by atoms with Gasteiger partial charge in [0.05, 0.1) is 10.6 Å². The van der Waals surface area contributed by atoms with Crippen molar-refractivity contribution in [1.82, 2.24) is 4.98 Å². The van der Waals surface area contributed by atoms with Gasteiger partial charge in [0.25, 0.3) is 0 Å². The number of pyridine rings is 1. The molecule has 5 heteroatoms. The summed E-state index contributed by atoms with van der Waals surface area (Å²) in [5.74, 6) is -0.554. The minimum atomic E-state index is -1.05. The molecule has 0 saturated heterocycles. The molecule has 0 saturated carbocycles. The molecule has 92 valence electrons. The fourth-order valence-electron chi connectivity index (χ4n) is 1.53. The molecule has 4 nitrogen and oxygen atoms in total. The fourth-order valence-corrected chi connectivity index (χ4v) is 1.84. The monoisotopic (exact) mass is 254 g/mol. The molecule has 1 heterocycles. The highest BCUT2D eigenvalue weighted by atomic mass is 35.5. The molecule has 0 bridgehead atoms. The third kappa shape index (κ3) is 3.20. The van der Waals surface area contributed by atoms with Crippen molar-refractivity contribution in [3.63, 3.8) is 0 Å². The van der Waals surface area contributed by atoms with Crippen LogP contribution in [0.4, 0.5) is 5.82 Å². The number of aromatic carboxylic acids is 1. The van der Waals surface area contributed by atoms with Crippen molar-refractivity contribution in [3.05, 3.63) is 35.5 Å². The van der Waals surface area contributed by atoms with Crippen LogP contribution in [-0.2, 0) is 0 Å². The number of hydrogen-bond donors (Lipinski definition) is 1. The molecule has 1 aromatic rings. The van der Waals surface area contributed by atoms with Gasteiger partial charge in [-0.2, -0.15) is 0 Å². The molecule has 0 unspecified atom stereocenters. The van der Waals surface area contributed by atoms with Gasteiger partial charge in [0, 0.05) is 19.3 Å². The van der Waals surface area contributed by atoms with E-state index in [0.717, 1.165) is 13.0 Å². The molecule has 0 aliphatic rings. The van der Waals surface area contributed by atoms with E-state index in [0.29, 0.717) is 12.4 Å². The lowest BCUT2D eigenvalue weighted by Crippen LogP contribution is -2.25. The second-order valence-electron chi connectivity index (χ2n) is 3.54. The number of carbonyl (C=O) groups is 1. The van der Waals surface area contributed by atoms with Crippen molar-refractivity contribution in [2.75, 3.05) is 18.0 Å². The molecule has 0 aliphatic heterocycles. The maximum Gasteiger partial charge on any atom is 0.337 e. The van der Waals surface area contributed by atoms with E-state index in [2.05, 4.69) is 11.6 Å². The molecule has 1 rings (SSSR count). The number of carboxylic acids is 1. The fraction of sp³-hybridized carbons (Fsp3) is 0.333. The van der Waals surface area contributed by atoms with Crippen LogP contribution in [0.5, 0.6) is 0 Å². The Balaban J connectivity index is 3.14. The molecule has 0 radical (unpaired) electrons. The highest BCUT2D eigenvalue weighted by Gasteiger charge is 2.16. The topological polar surface area (TPSA) is 53.4 Å². The number of nitrogens with zero attached hydrogens (tertiary/aromatic N) is 2. The summed E-state index contributed by atoms with van der Waals surface area (Å²) in [4.78, 5) is 17.0. The van der Waals surface area contributed by atoms with Gasteiger partial charge in [0.1, 0.15) is 5.82 Å². The zero-order valence-electron chi connectivity index (χ0n) is 9.69. The molecule has 0 atom stereocenters. The smallest absolute Gasteiger partial charge is 0.337 e. The van der Waals surface area contributed by atoms with Gasteiger partial charge in [-0.3, -0.25) is 0 Å². The Morgan fingerprint density at radius 1 is 1.71 bits per heavy atom. The molecule has 1 N–H and O–H groups in total. The van der Waals surface area contributed by atoms with Crippen LogP contribution >= 0.6 is 11.6 Å². The molecule has 0 aromatic carbocycles. The summed E-state index contributed by atoms with van der Waals surface area (Å²) >= 11 is 6.05. The summed E-state index contributed by atoms with van der Waals surface area (Å²) in [6.07, 6.45) is 4.11. The first-order valence-electron chi connectivity index (χ1n) is 5.35. The Morgan fingerprint density at radius 3 is 2.94 bits per heavy atom. The second-order valence-corrected chi connectivity index (χ2v) is 3.91. The van der Waals surface area contributed by atoms with Gasteiger partial charge in [-0.1, -0.05) is 24.6 Å². The number of halogens is 1. The van der Waals surface area contributed by atoms with Crippen molar-refractivity contribution in [2.24, 2.45) is 0 Å². The minimum Gasteiger partial charge on any atom is -0.478 e. The van der Waals surface area contributed by atoms with E-state index in [9.17, 15) is 4.79 Å². The predicted octanol–water partition coefficient (Wildman–Crippen LogP) is 2.84. The highest BCUT2D eigenvalue weighted by molar-refractivity contribution is 6.35. The molecule has 17 heavy (non-hydrogen) atoms. The van der Waals surface area contributed by atoms with Gasteiger partial charge in [-0.25, -0.2) is 9.78 Å². The van der Waals surface area contributed by atoms with Crippen LogP contribution in [0.2, 0.25) is 5.02 Å². The molecule has 0 aliphatic carbocycles. The summed E-state index contributed by atoms with van der Waals surface area (Å²) < 4.78 is 0. The van der Waals surface area contributed by atoms with E-state index in [1.807, 2.05) is 11.8 Å². The highest BCUT2D eigenvalue weighted by Crippen LogP contribution is 2.27. The first-order valence-corrected chi connectivity index (χ1v) is 5.73. The lowest BCUT2D eigenvalue weighted by atomic mass is 10.2. The number of carboxylic acid groups (broad SMARTS) is 1. The van der Waals surface area contributed by atoms with Crippen LogP contribution in [0.25, 0.3) is 0 Å². The molecule has 0 spiro atoms. The van der Waals surface area contributed by atoms with E-state index in [1.54, 1.807) is 6.08 Å². The van der Waals surface area contributed by atoms with Gasteiger partial charge in [-0.15, -0.1) is 6.58 Å². The van der Waals surface area contributed by atoms with E-state index in [1.165, 1.54) is 12.3 Å². The standard InChI is InChI=1S/C12H15ClN2O2/c1-3-7-15(8-4-2)11-10(13)9(12(16)17)5-6-14-11/h3,5-6H,1,4,7-8H2,2H3,(H,16,17). The van der Waals surface area contributed by atoms with Crippen LogP contribution < -0.4 is 4.90 Å². The summed E-state index contributed by atoms with van der Waals surface area (Å²) in [5, 5.41) is 9.16. The third-order valence-electron chi connectivity index (χ3n) is 2.24. The van der Waals surface area contributed by atoms with Crippen LogP contribution in [0, 0.1) is 0 Å². The van der Waals surface area contributed by atoms with Crippen molar-refractivity contribution in [3.8, 4) is 0 Å². The van der Waals surface area contributed by atoms with E-state index in [4.69, 9.17) is 16.7 Å². The van der Waals surface area contributed by atoms with E-state index < -0.39 is 5.97 Å². The van der Waals surface area contributed by atoms with E-state index >= 15 is 0 Å². The van der Waals surface area contributed by atoms with Crippen LogP contribution in [-0.4, -0.2) is 29.1 Å². The maximum atomic E-state index is 11.0. The largest absolute Gasteiger partial charge is 0.478 e. The van der Waals surface area contributed by atoms with Gasteiger partial charge >= 0.3 is 5.97 Å². The Bertz CT molecular complexity index is 421. The quantitative estimate of drug-likeness (QED) is 0.793. The normalized spacial score (nSPS) is 10.0. The first kappa shape index (κ1) is 13.5. The van der Waals surface area contributed by atoms with Gasteiger partial charge in [0.15, 0.2) is 0 Å². The van der Waals surface area contributed by atoms with Crippen LogP contribution in [0.3, 0.4) is 0 Å². The molecular formula is C12H15ClN2O2. The van der Waals surface area contributed by atoms with Crippen LogP contribution in [0.15, 0.2) is 24.9 Å². The first-order chi connectivity index (χ1) is 8.11.